The van der Waals surface area contributed by atoms with Crippen molar-refractivity contribution in [2.75, 3.05) is 0 Å². The number of rotatable bonds is 2. The van der Waals surface area contributed by atoms with Gasteiger partial charge < -0.3 is 0 Å². The van der Waals surface area contributed by atoms with Crippen molar-refractivity contribution >= 4 is 0 Å². The Balaban J connectivity index is 2.03. The highest BCUT2D eigenvalue weighted by molar-refractivity contribution is 5.55. The molecule has 1 heterocycles. The molecule has 1 aliphatic carbocycles. The Hall–Kier alpha value is -2.22. The second-order valence-electron chi connectivity index (χ2n) is 5.28. The van der Waals surface area contributed by atoms with E-state index in [9.17, 15) is 0 Å². The number of hydrogen-bond acceptors (Lipinski definition) is 2. The number of aryl methyl sites for hydroxylation is 1. The van der Waals surface area contributed by atoms with Gasteiger partial charge in [-0.05, 0) is 18.9 Å². The van der Waals surface area contributed by atoms with Crippen molar-refractivity contribution in [2.24, 2.45) is 5.92 Å². The summed E-state index contributed by atoms with van der Waals surface area (Å²) in [5.74, 6) is 1.62. The van der Waals surface area contributed by atoms with Crippen LogP contribution in [0.2, 0.25) is 0 Å². The van der Waals surface area contributed by atoms with Crippen molar-refractivity contribution in [3.63, 3.8) is 0 Å². The van der Waals surface area contributed by atoms with Gasteiger partial charge in [0.15, 0.2) is 5.82 Å². The molecule has 100 valence electrons. The van der Waals surface area contributed by atoms with Gasteiger partial charge in [-0.2, -0.15) is 0 Å². The molecule has 3 rings (SSSR count). The molecule has 2 nitrogen and oxygen atoms in total. The van der Waals surface area contributed by atoms with Gasteiger partial charge in [-0.1, -0.05) is 61.6 Å². The lowest BCUT2D eigenvalue weighted by Crippen LogP contribution is -2.10. The number of aromatic nitrogens is 2. The predicted octanol–water partition coefficient (Wildman–Crippen LogP) is 4.30. The Morgan fingerprint density at radius 1 is 0.950 bits per heavy atom. The van der Waals surface area contributed by atoms with E-state index >= 15 is 0 Å². The quantitative estimate of drug-likeness (QED) is 0.806. The summed E-state index contributed by atoms with van der Waals surface area (Å²) in [7, 11) is 0. The molecule has 2 atom stereocenters. The third-order valence-electron chi connectivity index (χ3n) is 3.66. The zero-order chi connectivity index (χ0) is 13.9. The number of allylic oxidation sites excluding steroid dienone is 4. The van der Waals surface area contributed by atoms with Crippen LogP contribution in [0.25, 0.3) is 11.4 Å². The third kappa shape index (κ3) is 2.55. The van der Waals surface area contributed by atoms with Crippen LogP contribution in [-0.4, -0.2) is 9.97 Å². The van der Waals surface area contributed by atoms with Crippen LogP contribution in [0.5, 0.6) is 0 Å². The second kappa shape index (κ2) is 5.41. The molecule has 0 fully saturated rings. The van der Waals surface area contributed by atoms with Crippen LogP contribution in [0.3, 0.4) is 0 Å². The molecule has 0 aliphatic heterocycles. The zero-order valence-corrected chi connectivity index (χ0v) is 11.8. The fourth-order valence-corrected chi connectivity index (χ4v) is 2.57. The zero-order valence-electron chi connectivity index (χ0n) is 11.8. The van der Waals surface area contributed by atoms with Crippen LogP contribution in [-0.2, 0) is 0 Å². The van der Waals surface area contributed by atoms with Crippen molar-refractivity contribution in [1.29, 1.82) is 0 Å². The summed E-state index contributed by atoms with van der Waals surface area (Å²) >= 11 is 0. The minimum atomic E-state index is 0.337. The van der Waals surface area contributed by atoms with E-state index in [1.54, 1.807) is 0 Å². The first-order valence-electron chi connectivity index (χ1n) is 7.00. The molecule has 2 unspecified atom stereocenters. The van der Waals surface area contributed by atoms with Gasteiger partial charge in [0.05, 0.1) is 5.69 Å². The molecule has 0 N–H and O–H groups in total. The van der Waals surface area contributed by atoms with E-state index in [-0.39, 0.29) is 0 Å². The first-order valence-corrected chi connectivity index (χ1v) is 7.00. The van der Waals surface area contributed by atoms with Crippen molar-refractivity contribution < 1.29 is 0 Å². The molecule has 1 aromatic carbocycles. The highest BCUT2D eigenvalue weighted by atomic mass is 14.9. The molecule has 0 saturated carbocycles. The van der Waals surface area contributed by atoms with Gasteiger partial charge in [-0.3, -0.25) is 0 Å². The van der Waals surface area contributed by atoms with Crippen molar-refractivity contribution in [2.45, 2.75) is 19.8 Å². The fourth-order valence-electron chi connectivity index (χ4n) is 2.57. The van der Waals surface area contributed by atoms with Crippen molar-refractivity contribution in [1.82, 2.24) is 9.97 Å². The summed E-state index contributed by atoms with van der Waals surface area (Å²) < 4.78 is 0. The Bertz CT molecular complexity index is 656. The van der Waals surface area contributed by atoms with Gasteiger partial charge >= 0.3 is 0 Å². The van der Waals surface area contributed by atoms with E-state index in [1.807, 2.05) is 25.1 Å². The average molecular weight is 262 g/mol. The summed E-state index contributed by atoms with van der Waals surface area (Å²) in [5.41, 5.74) is 3.19. The molecule has 0 radical (unpaired) electrons. The second-order valence-corrected chi connectivity index (χ2v) is 5.28. The van der Waals surface area contributed by atoms with E-state index in [0.29, 0.717) is 11.8 Å². The molecule has 0 amide bonds. The van der Waals surface area contributed by atoms with Crippen LogP contribution in [0.15, 0.2) is 60.7 Å². The van der Waals surface area contributed by atoms with E-state index in [4.69, 9.17) is 4.98 Å². The number of hydrogen-bond donors (Lipinski definition) is 0. The topological polar surface area (TPSA) is 25.8 Å². The lowest BCUT2D eigenvalue weighted by Gasteiger charge is -2.20. The molecule has 2 heteroatoms. The SMILES string of the molecule is Cc1cc(C2C=CC=CC2C)nc(-c2ccccc2)n1. The van der Waals surface area contributed by atoms with Gasteiger partial charge in [-0.25, -0.2) is 9.97 Å². The van der Waals surface area contributed by atoms with Gasteiger partial charge in [-0.15, -0.1) is 0 Å². The van der Waals surface area contributed by atoms with E-state index in [2.05, 4.69) is 54.4 Å². The minimum Gasteiger partial charge on any atom is -0.233 e. The Morgan fingerprint density at radius 2 is 1.70 bits per heavy atom. The number of nitrogens with zero attached hydrogens (tertiary/aromatic N) is 2. The normalized spacial score (nSPS) is 21.1. The van der Waals surface area contributed by atoms with E-state index < -0.39 is 0 Å². The molecule has 20 heavy (non-hydrogen) atoms. The maximum atomic E-state index is 4.78. The molecular formula is C18H18N2. The molecule has 0 bridgehead atoms. The smallest absolute Gasteiger partial charge is 0.159 e. The molecule has 0 spiro atoms. The average Bonchev–Trinajstić information content (AvgIpc) is 2.48. The maximum Gasteiger partial charge on any atom is 0.159 e. The monoisotopic (exact) mass is 262 g/mol. The van der Waals surface area contributed by atoms with Gasteiger partial charge in [0.1, 0.15) is 0 Å². The highest BCUT2D eigenvalue weighted by Gasteiger charge is 2.19. The first kappa shape index (κ1) is 12.8. The minimum absolute atomic E-state index is 0.337. The number of benzene rings is 1. The van der Waals surface area contributed by atoms with Crippen LogP contribution in [0, 0.1) is 12.8 Å². The summed E-state index contributed by atoms with van der Waals surface area (Å²) in [6.45, 7) is 4.26. The molecule has 0 saturated heterocycles. The van der Waals surface area contributed by atoms with E-state index in [1.165, 1.54) is 0 Å². The predicted molar refractivity (Wildman–Crippen MR) is 82.4 cm³/mol. The van der Waals surface area contributed by atoms with Crippen molar-refractivity contribution in [3.8, 4) is 11.4 Å². The van der Waals surface area contributed by atoms with Crippen LogP contribution < -0.4 is 0 Å². The summed E-state index contributed by atoms with van der Waals surface area (Å²) in [5, 5.41) is 0. The van der Waals surface area contributed by atoms with Crippen molar-refractivity contribution in [3.05, 3.63) is 72.1 Å². The maximum absolute atomic E-state index is 4.78. The third-order valence-corrected chi connectivity index (χ3v) is 3.66. The highest BCUT2D eigenvalue weighted by Crippen LogP contribution is 2.30. The Kier molecular flexibility index (Phi) is 3.46. The van der Waals surface area contributed by atoms with Gasteiger partial charge in [0, 0.05) is 17.2 Å². The van der Waals surface area contributed by atoms with Gasteiger partial charge in [0.2, 0.25) is 0 Å². The van der Waals surface area contributed by atoms with Crippen LogP contribution >= 0.6 is 0 Å². The fraction of sp³-hybridized carbons (Fsp3) is 0.222. The summed E-state index contributed by atoms with van der Waals surface area (Å²) in [6, 6.07) is 12.3. The molecule has 1 aromatic heterocycles. The van der Waals surface area contributed by atoms with Gasteiger partial charge in [0.25, 0.3) is 0 Å². The molecule has 2 aromatic rings. The summed E-state index contributed by atoms with van der Waals surface area (Å²) in [4.78, 5) is 9.35. The molecule has 1 aliphatic rings. The largest absolute Gasteiger partial charge is 0.233 e. The van der Waals surface area contributed by atoms with Crippen LogP contribution in [0.1, 0.15) is 24.2 Å². The lowest BCUT2D eigenvalue weighted by molar-refractivity contribution is 0.618. The standard InChI is InChI=1S/C18H18N2/c1-13-8-6-7-11-16(13)17-12-14(2)19-18(20-17)15-9-4-3-5-10-15/h3-13,16H,1-2H3. The van der Waals surface area contributed by atoms with Crippen LogP contribution in [0.4, 0.5) is 0 Å². The van der Waals surface area contributed by atoms with E-state index in [0.717, 1.165) is 22.8 Å². The lowest BCUT2D eigenvalue weighted by atomic mass is 9.87. The molecular weight excluding hydrogens is 244 g/mol. The Morgan fingerprint density at radius 3 is 2.45 bits per heavy atom. The summed E-state index contributed by atoms with van der Waals surface area (Å²) in [6.07, 6.45) is 8.66. The Labute approximate surface area is 119 Å². The first-order chi connectivity index (χ1) is 9.74.